The summed E-state index contributed by atoms with van der Waals surface area (Å²) < 4.78 is 0. The Morgan fingerprint density at radius 3 is 2.35 bits per heavy atom. The van der Waals surface area contributed by atoms with Crippen molar-refractivity contribution in [2.75, 3.05) is 13.6 Å². The summed E-state index contributed by atoms with van der Waals surface area (Å²) in [5, 5.41) is 9.88. The van der Waals surface area contributed by atoms with E-state index in [0.717, 1.165) is 37.1 Å². The highest BCUT2D eigenvalue weighted by Crippen LogP contribution is 2.33. The van der Waals surface area contributed by atoms with Crippen LogP contribution < -0.4 is 0 Å². The molecule has 0 heterocycles. The maximum atomic E-state index is 9.88. The van der Waals surface area contributed by atoms with Crippen molar-refractivity contribution in [2.45, 2.75) is 65.5 Å². The molecule has 1 N–H and O–H groups in total. The highest BCUT2D eigenvalue weighted by atomic mass is 16.3. The molecule has 3 atom stereocenters. The highest BCUT2D eigenvalue weighted by molar-refractivity contribution is 4.87. The van der Waals surface area contributed by atoms with Crippen molar-refractivity contribution in [1.82, 2.24) is 4.90 Å². The molecule has 1 aliphatic rings. The van der Waals surface area contributed by atoms with Gasteiger partial charge >= 0.3 is 0 Å². The van der Waals surface area contributed by atoms with Gasteiger partial charge in [0, 0.05) is 6.04 Å². The third-order valence-electron chi connectivity index (χ3n) is 4.32. The van der Waals surface area contributed by atoms with E-state index in [1.54, 1.807) is 0 Å². The largest absolute Gasteiger partial charge is 0.393 e. The van der Waals surface area contributed by atoms with E-state index >= 15 is 0 Å². The van der Waals surface area contributed by atoms with Crippen molar-refractivity contribution in [1.29, 1.82) is 0 Å². The monoisotopic (exact) mass is 241 g/mol. The first-order chi connectivity index (χ1) is 7.91. The summed E-state index contributed by atoms with van der Waals surface area (Å²) >= 11 is 0. The van der Waals surface area contributed by atoms with Crippen molar-refractivity contribution in [3.8, 4) is 0 Å². The predicted octanol–water partition coefficient (Wildman–Crippen LogP) is 3.15. The zero-order chi connectivity index (χ0) is 13.0. The van der Waals surface area contributed by atoms with Crippen LogP contribution in [0.4, 0.5) is 0 Å². The molecule has 3 unspecified atom stereocenters. The van der Waals surface area contributed by atoms with Crippen LogP contribution in [0.2, 0.25) is 0 Å². The average molecular weight is 241 g/mol. The number of hydrogen-bond acceptors (Lipinski definition) is 2. The highest BCUT2D eigenvalue weighted by Gasteiger charge is 2.33. The lowest BCUT2D eigenvalue weighted by Crippen LogP contribution is -2.46. The Hall–Kier alpha value is -0.0800. The molecule has 0 aliphatic heterocycles. The zero-order valence-corrected chi connectivity index (χ0v) is 12.3. The molecular weight excluding hydrogens is 210 g/mol. The molecule has 0 amide bonds. The van der Waals surface area contributed by atoms with Crippen LogP contribution in [0.25, 0.3) is 0 Å². The van der Waals surface area contributed by atoms with Gasteiger partial charge in [0.1, 0.15) is 0 Å². The van der Waals surface area contributed by atoms with Gasteiger partial charge in [-0.2, -0.15) is 0 Å². The molecule has 2 nitrogen and oxygen atoms in total. The number of nitrogens with zero attached hydrogens (tertiary/aromatic N) is 1. The second-order valence-corrected chi connectivity index (χ2v) is 6.61. The van der Waals surface area contributed by atoms with E-state index in [9.17, 15) is 5.11 Å². The van der Waals surface area contributed by atoms with Crippen molar-refractivity contribution in [2.24, 2.45) is 17.8 Å². The maximum absolute atomic E-state index is 9.88. The minimum absolute atomic E-state index is 0.0727. The summed E-state index contributed by atoms with van der Waals surface area (Å²) in [6.45, 7) is 10.4. The molecule has 2 heteroatoms. The third-order valence-corrected chi connectivity index (χ3v) is 4.32. The fourth-order valence-electron chi connectivity index (χ4n) is 3.06. The van der Waals surface area contributed by atoms with E-state index in [1.165, 1.54) is 12.8 Å². The normalized spacial score (nSPS) is 30.5. The Kier molecular flexibility index (Phi) is 5.94. The van der Waals surface area contributed by atoms with E-state index in [-0.39, 0.29) is 6.10 Å². The van der Waals surface area contributed by atoms with Crippen LogP contribution in [-0.4, -0.2) is 35.7 Å². The molecule has 1 rings (SSSR count). The fraction of sp³-hybridized carbons (Fsp3) is 1.00. The topological polar surface area (TPSA) is 23.5 Å². The lowest BCUT2D eigenvalue weighted by atomic mass is 9.76. The van der Waals surface area contributed by atoms with E-state index in [0.29, 0.717) is 6.04 Å². The van der Waals surface area contributed by atoms with Crippen LogP contribution in [0.15, 0.2) is 0 Å². The van der Waals surface area contributed by atoms with E-state index in [2.05, 4.69) is 39.6 Å². The molecule has 17 heavy (non-hydrogen) atoms. The molecule has 0 spiro atoms. The molecule has 1 fully saturated rings. The summed E-state index contributed by atoms with van der Waals surface area (Å²) in [6, 6.07) is 0.581. The molecule has 0 radical (unpaired) electrons. The average Bonchev–Trinajstić information content (AvgIpc) is 2.25. The third kappa shape index (κ3) is 4.59. The van der Waals surface area contributed by atoms with Crippen LogP contribution in [0.3, 0.4) is 0 Å². The van der Waals surface area contributed by atoms with Gasteiger partial charge in [-0.25, -0.2) is 0 Å². The van der Waals surface area contributed by atoms with Gasteiger partial charge in [-0.15, -0.1) is 0 Å². The second-order valence-electron chi connectivity index (χ2n) is 6.61. The van der Waals surface area contributed by atoms with Crippen molar-refractivity contribution in [3.63, 3.8) is 0 Å². The number of hydrogen-bond donors (Lipinski definition) is 1. The summed E-state index contributed by atoms with van der Waals surface area (Å²) in [5.74, 6) is 2.26. The smallest absolute Gasteiger partial charge is 0.0555 e. The van der Waals surface area contributed by atoms with E-state index in [1.807, 2.05) is 0 Å². The SMILES string of the molecule is CC(C)CCN(C)C1CC(O)CCC1C(C)C. The molecule has 0 aromatic heterocycles. The van der Waals surface area contributed by atoms with Crippen LogP contribution >= 0.6 is 0 Å². The standard InChI is InChI=1S/C15H31NO/c1-11(2)8-9-16(5)15-10-13(17)6-7-14(15)12(3)4/h11-15,17H,6-10H2,1-5H3. The van der Waals surface area contributed by atoms with Gasteiger partial charge in [0.05, 0.1) is 6.10 Å². The Morgan fingerprint density at radius 2 is 1.82 bits per heavy atom. The Morgan fingerprint density at radius 1 is 1.18 bits per heavy atom. The maximum Gasteiger partial charge on any atom is 0.0555 e. The first kappa shape index (κ1) is 15.0. The van der Waals surface area contributed by atoms with Crippen LogP contribution in [0.5, 0.6) is 0 Å². The van der Waals surface area contributed by atoms with Gasteiger partial charge in [0.25, 0.3) is 0 Å². The van der Waals surface area contributed by atoms with Gasteiger partial charge in [-0.05, 0) is 57.0 Å². The second kappa shape index (κ2) is 6.75. The number of aliphatic hydroxyl groups excluding tert-OH is 1. The molecule has 102 valence electrons. The lowest BCUT2D eigenvalue weighted by molar-refractivity contribution is 0.0209. The van der Waals surface area contributed by atoms with Gasteiger partial charge in [0.2, 0.25) is 0 Å². The molecular formula is C15H31NO. The zero-order valence-electron chi connectivity index (χ0n) is 12.3. The molecule has 1 saturated carbocycles. The molecule has 0 saturated heterocycles. The summed E-state index contributed by atoms with van der Waals surface area (Å²) in [5.41, 5.74) is 0. The van der Waals surface area contributed by atoms with Crippen molar-refractivity contribution in [3.05, 3.63) is 0 Å². The molecule has 0 bridgehead atoms. The van der Waals surface area contributed by atoms with Crippen LogP contribution in [0.1, 0.15) is 53.4 Å². The number of aliphatic hydroxyl groups is 1. The Bertz CT molecular complexity index is 215. The van der Waals surface area contributed by atoms with E-state index in [4.69, 9.17) is 0 Å². The summed E-state index contributed by atoms with van der Waals surface area (Å²) in [7, 11) is 2.24. The van der Waals surface area contributed by atoms with E-state index < -0.39 is 0 Å². The Balaban J connectivity index is 2.55. The predicted molar refractivity (Wildman–Crippen MR) is 74.1 cm³/mol. The fourth-order valence-corrected chi connectivity index (χ4v) is 3.06. The number of rotatable bonds is 5. The lowest BCUT2D eigenvalue weighted by Gasteiger charge is -2.42. The van der Waals surface area contributed by atoms with Crippen molar-refractivity contribution >= 4 is 0 Å². The summed E-state index contributed by atoms with van der Waals surface area (Å²) in [6.07, 6.45) is 4.34. The summed E-state index contributed by atoms with van der Waals surface area (Å²) in [4.78, 5) is 2.49. The van der Waals surface area contributed by atoms with Gasteiger partial charge in [-0.1, -0.05) is 27.7 Å². The minimum atomic E-state index is -0.0727. The quantitative estimate of drug-likeness (QED) is 0.799. The molecule has 0 aromatic carbocycles. The molecule has 1 aliphatic carbocycles. The van der Waals surface area contributed by atoms with Gasteiger partial charge < -0.3 is 10.0 Å². The van der Waals surface area contributed by atoms with Gasteiger partial charge in [-0.3, -0.25) is 0 Å². The van der Waals surface area contributed by atoms with Crippen LogP contribution in [-0.2, 0) is 0 Å². The van der Waals surface area contributed by atoms with Gasteiger partial charge in [0.15, 0.2) is 0 Å². The van der Waals surface area contributed by atoms with Crippen LogP contribution in [0, 0.1) is 17.8 Å². The van der Waals surface area contributed by atoms with Crippen molar-refractivity contribution < 1.29 is 5.11 Å². The molecule has 0 aromatic rings. The first-order valence-corrected chi connectivity index (χ1v) is 7.30. The minimum Gasteiger partial charge on any atom is -0.393 e. The Labute approximate surface area is 107 Å². The first-order valence-electron chi connectivity index (χ1n) is 7.30.